The predicted molar refractivity (Wildman–Crippen MR) is 92.5 cm³/mol. The highest BCUT2D eigenvalue weighted by atomic mass is 19.1. The number of amides is 1. The van der Waals surface area contributed by atoms with Gasteiger partial charge in [0.25, 0.3) is 0 Å². The molecule has 0 bridgehead atoms. The minimum absolute atomic E-state index is 0.0620. The molecule has 1 saturated carbocycles. The number of hydrazone groups is 1. The van der Waals surface area contributed by atoms with Gasteiger partial charge in [-0.15, -0.1) is 0 Å². The lowest BCUT2D eigenvalue weighted by atomic mass is 10.1. The molecule has 1 amide bonds. The van der Waals surface area contributed by atoms with E-state index in [1.165, 1.54) is 12.1 Å². The quantitative estimate of drug-likeness (QED) is 0.648. The molecule has 0 aliphatic heterocycles. The monoisotopic (exact) mass is 342 g/mol. The molecule has 130 valence electrons. The van der Waals surface area contributed by atoms with Crippen molar-refractivity contribution in [3.8, 4) is 11.5 Å². The number of methoxy groups -OCH3 is 2. The van der Waals surface area contributed by atoms with Gasteiger partial charge in [0.2, 0.25) is 5.91 Å². The van der Waals surface area contributed by atoms with Crippen LogP contribution >= 0.6 is 0 Å². The van der Waals surface area contributed by atoms with Gasteiger partial charge in [-0.1, -0.05) is 12.1 Å². The molecule has 1 N–H and O–H groups in total. The molecule has 5 nitrogen and oxygen atoms in total. The van der Waals surface area contributed by atoms with Crippen molar-refractivity contribution in [1.82, 2.24) is 5.43 Å². The average Bonchev–Trinajstić information content (AvgIpc) is 3.42. The molecule has 2 unspecified atom stereocenters. The van der Waals surface area contributed by atoms with Crippen LogP contribution in [0.1, 0.15) is 23.5 Å². The summed E-state index contributed by atoms with van der Waals surface area (Å²) < 4.78 is 23.6. The third-order valence-electron chi connectivity index (χ3n) is 4.20. The van der Waals surface area contributed by atoms with Gasteiger partial charge in [-0.3, -0.25) is 4.79 Å². The zero-order chi connectivity index (χ0) is 17.8. The molecule has 6 heteroatoms. The molecule has 1 aliphatic carbocycles. The Morgan fingerprint density at radius 3 is 2.72 bits per heavy atom. The number of ether oxygens (including phenoxy) is 2. The molecule has 0 spiro atoms. The van der Waals surface area contributed by atoms with Crippen LogP contribution in [0.2, 0.25) is 0 Å². The maximum Gasteiger partial charge on any atom is 0.243 e. The van der Waals surface area contributed by atoms with E-state index < -0.39 is 0 Å². The summed E-state index contributed by atoms with van der Waals surface area (Å²) in [6.07, 6.45) is 2.25. The number of nitrogens with zero attached hydrogens (tertiary/aromatic N) is 1. The van der Waals surface area contributed by atoms with Crippen LogP contribution in [0.5, 0.6) is 11.5 Å². The molecule has 2 atom stereocenters. The Morgan fingerprint density at radius 1 is 1.20 bits per heavy atom. The van der Waals surface area contributed by atoms with E-state index >= 15 is 0 Å². The normalized spacial score (nSPS) is 18.8. The number of hydrogen-bond acceptors (Lipinski definition) is 4. The SMILES string of the molecule is COc1ccc(/C=N/NC(=O)C2CC2c2cccc(F)c2)cc1OC. The second-order valence-corrected chi connectivity index (χ2v) is 5.85. The summed E-state index contributed by atoms with van der Waals surface area (Å²) >= 11 is 0. The Balaban J connectivity index is 1.57. The summed E-state index contributed by atoms with van der Waals surface area (Å²) in [5, 5.41) is 3.98. The standard InChI is InChI=1S/C19H19FN2O3/c1-24-17-7-6-12(8-18(17)25-2)11-21-22-19(23)16-10-15(16)13-4-3-5-14(20)9-13/h3-9,11,15-16H,10H2,1-2H3,(H,22,23)/b21-11+. The van der Waals surface area contributed by atoms with Crippen LogP contribution in [0.4, 0.5) is 4.39 Å². The van der Waals surface area contributed by atoms with Crippen LogP contribution in [0, 0.1) is 11.7 Å². The van der Waals surface area contributed by atoms with Crippen LogP contribution in [0.15, 0.2) is 47.6 Å². The number of carbonyl (C=O) groups is 1. The van der Waals surface area contributed by atoms with Crippen molar-refractivity contribution in [3.63, 3.8) is 0 Å². The number of nitrogens with one attached hydrogen (secondary N) is 1. The zero-order valence-corrected chi connectivity index (χ0v) is 14.0. The van der Waals surface area contributed by atoms with Crippen LogP contribution in [0.3, 0.4) is 0 Å². The minimum Gasteiger partial charge on any atom is -0.493 e. The summed E-state index contributed by atoms with van der Waals surface area (Å²) in [5.74, 6) is 0.670. The van der Waals surface area contributed by atoms with E-state index in [0.717, 1.165) is 11.1 Å². The molecule has 3 rings (SSSR count). The first kappa shape index (κ1) is 17.0. The fraction of sp³-hybridized carbons (Fsp3) is 0.263. The van der Waals surface area contributed by atoms with Crippen molar-refractivity contribution in [2.24, 2.45) is 11.0 Å². The van der Waals surface area contributed by atoms with Gasteiger partial charge < -0.3 is 9.47 Å². The molecule has 2 aromatic rings. The second-order valence-electron chi connectivity index (χ2n) is 5.85. The summed E-state index contributed by atoms with van der Waals surface area (Å²) in [6, 6.07) is 11.7. The summed E-state index contributed by atoms with van der Waals surface area (Å²) in [6.45, 7) is 0. The molecular weight excluding hydrogens is 323 g/mol. The van der Waals surface area contributed by atoms with Gasteiger partial charge in [-0.05, 0) is 53.8 Å². The van der Waals surface area contributed by atoms with E-state index in [2.05, 4.69) is 10.5 Å². The van der Waals surface area contributed by atoms with Crippen molar-refractivity contribution in [2.45, 2.75) is 12.3 Å². The highest BCUT2D eigenvalue weighted by Crippen LogP contribution is 2.47. The Morgan fingerprint density at radius 2 is 2.00 bits per heavy atom. The first-order chi connectivity index (χ1) is 12.1. The van der Waals surface area contributed by atoms with Crippen LogP contribution in [0.25, 0.3) is 0 Å². The number of halogens is 1. The van der Waals surface area contributed by atoms with Gasteiger partial charge >= 0.3 is 0 Å². The topological polar surface area (TPSA) is 59.9 Å². The van der Waals surface area contributed by atoms with Gasteiger partial charge in [0, 0.05) is 5.92 Å². The molecule has 0 radical (unpaired) electrons. The molecular formula is C19H19FN2O3. The third-order valence-corrected chi connectivity index (χ3v) is 4.20. The minimum atomic E-state index is -0.282. The summed E-state index contributed by atoms with van der Waals surface area (Å²) in [5.41, 5.74) is 4.16. The van der Waals surface area contributed by atoms with Crippen molar-refractivity contribution in [3.05, 3.63) is 59.4 Å². The number of rotatable bonds is 6. The molecule has 1 aliphatic rings. The number of carbonyl (C=O) groups excluding carboxylic acids is 1. The van der Waals surface area contributed by atoms with Gasteiger partial charge in [-0.25, -0.2) is 9.82 Å². The second kappa shape index (κ2) is 7.34. The first-order valence-corrected chi connectivity index (χ1v) is 7.92. The largest absolute Gasteiger partial charge is 0.493 e. The van der Waals surface area contributed by atoms with Gasteiger partial charge in [0.15, 0.2) is 11.5 Å². The van der Waals surface area contributed by atoms with Gasteiger partial charge in [-0.2, -0.15) is 5.10 Å². The van der Waals surface area contributed by atoms with Gasteiger partial charge in [0.1, 0.15) is 5.82 Å². The van der Waals surface area contributed by atoms with E-state index in [-0.39, 0.29) is 23.6 Å². The van der Waals surface area contributed by atoms with E-state index in [9.17, 15) is 9.18 Å². The van der Waals surface area contributed by atoms with Crippen LogP contribution in [-0.4, -0.2) is 26.3 Å². The van der Waals surface area contributed by atoms with E-state index in [4.69, 9.17) is 9.47 Å². The maximum atomic E-state index is 13.2. The highest BCUT2D eigenvalue weighted by Gasteiger charge is 2.44. The van der Waals surface area contributed by atoms with Crippen molar-refractivity contribution in [1.29, 1.82) is 0 Å². The predicted octanol–water partition coefficient (Wildman–Crippen LogP) is 3.10. The number of hydrogen-bond donors (Lipinski definition) is 1. The van der Waals surface area contributed by atoms with Crippen LogP contribution in [-0.2, 0) is 4.79 Å². The molecule has 1 fully saturated rings. The Kier molecular flexibility index (Phi) is 4.97. The first-order valence-electron chi connectivity index (χ1n) is 7.92. The molecule has 0 heterocycles. The Bertz CT molecular complexity index is 807. The van der Waals surface area contributed by atoms with Crippen molar-refractivity contribution < 1.29 is 18.7 Å². The van der Waals surface area contributed by atoms with Crippen LogP contribution < -0.4 is 14.9 Å². The molecule has 25 heavy (non-hydrogen) atoms. The van der Waals surface area contributed by atoms with E-state index in [1.54, 1.807) is 38.6 Å². The molecule has 2 aromatic carbocycles. The van der Waals surface area contributed by atoms with E-state index in [0.29, 0.717) is 17.9 Å². The van der Waals surface area contributed by atoms with Crippen molar-refractivity contribution >= 4 is 12.1 Å². The summed E-state index contributed by atoms with van der Waals surface area (Å²) in [7, 11) is 3.12. The summed E-state index contributed by atoms with van der Waals surface area (Å²) in [4.78, 5) is 12.1. The molecule has 0 aromatic heterocycles. The Hall–Kier alpha value is -2.89. The average molecular weight is 342 g/mol. The smallest absolute Gasteiger partial charge is 0.243 e. The number of benzene rings is 2. The fourth-order valence-corrected chi connectivity index (χ4v) is 2.78. The van der Waals surface area contributed by atoms with E-state index in [1.807, 2.05) is 12.1 Å². The van der Waals surface area contributed by atoms with Gasteiger partial charge in [0.05, 0.1) is 20.4 Å². The lowest BCUT2D eigenvalue weighted by Gasteiger charge is -2.07. The zero-order valence-electron chi connectivity index (χ0n) is 14.0. The highest BCUT2D eigenvalue weighted by molar-refractivity contribution is 5.86. The molecule has 0 saturated heterocycles. The van der Waals surface area contributed by atoms with Crippen molar-refractivity contribution in [2.75, 3.05) is 14.2 Å². The third kappa shape index (κ3) is 3.96. The maximum absolute atomic E-state index is 13.2. The lowest BCUT2D eigenvalue weighted by molar-refractivity contribution is -0.122. The fourth-order valence-electron chi connectivity index (χ4n) is 2.78. The lowest BCUT2D eigenvalue weighted by Crippen LogP contribution is -2.20. The Labute approximate surface area is 145 Å².